The van der Waals surface area contributed by atoms with Gasteiger partial charge in [0.2, 0.25) is 0 Å². The summed E-state index contributed by atoms with van der Waals surface area (Å²) in [7, 11) is 0. The first-order valence-electron chi connectivity index (χ1n) is 13.1. The molecule has 0 saturated carbocycles. The molecule has 1 saturated heterocycles. The summed E-state index contributed by atoms with van der Waals surface area (Å²) in [4.78, 5) is 46.0. The van der Waals surface area contributed by atoms with Crippen molar-refractivity contribution in [1.29, 1.82) is 0 Å². The zero-order valence-electron chi connectivity index (χ0n) is 21.5. The van der Waals surface area contributed by atoms with Crippen molar-refractivity contribution in [1.82, 2.24) is 0 Å². The molecule has 196 valence electrons. The zero-order chi connectivity index (χ0) is 27.8. The van der Waals surface area contributed by atoms with Gasteiger partial charge in [-0.25, -0.2) is 0 Å². The third-order valence-corrected chi connectivity index (χ3v) is 9.15. The fourth-order valence-electron chi connectivity index (χ4n) is 6.94. The van der Waals surface area contributed by atoms with Gasteiger partial charge in [0, 0.05) is 38.3 Å². The standard InChI is InChI=1S/C34H23Cl2NO3/c1-19-11-12-20-13-16-28-34(32(39)23-9-5-6-10-24(23)33(34)40)29(25-15-14-22(35)18-26(25)36)30(37(28)27(20)17-19)31(38)21-7-3-2-4-8-21/h2-18,28-30H,1H3/t28-,29+,30+/m1/s1. The van der Waals surface area contributed by atoms with E-state index in [4.69, 9.17) is 23.2 Å². The molecule has 2 heterocycles. The Morgan fingerprint density at radius 1 is 0.825 bits per heavy atom. The Balaban J connectivity index is 1.58. The van der Waals surface area contributed by atoms with Crippen LogP contribution in [-0.4, -0.2) is 29.4 Å². The van der Waals surface area contributed by atoms with Gasteiger partial charge >= 0.3 is 0 Å². The molecule has 3 aliphatic rings. The summed E-state index contributed by atoms with van der Waals surface area (Å²) < 4.78 is 0. The normalized spacial score (nSPS) is 21.9. The molecule has 1 fully saturated rings. The van der Waals surface area contributed by atoms with Crippen LogP contribution in [0.5, 0.6) is 0 Å². The minimum absolute atomic E-state index is 0.183. The van der Waals surface area contributed by atoms with Gasteiger partial charge in [0.05, 0.1) is 6.04 Å². The van der Waals surface area contributed by atoms with E-state index in [-0.39, 0.29) is 17.3 Å². The summed E-state index contributed by atoms with van der Waals surface area (Å²) in [6, 6.07) is 25.5. The first-order valence-corrected chi connectivity index (χ1v) is 13.9. The van der Waals surface area contributed by atoms with E-state index in [0.29, 0.717) is 32.3 Å². The van der Waals surface area contributed by atoms with Gasteiger partial charge in [-0.2, -0.15) is 0 Å². The van der Waals surface area contributed by atoms with Crippen LogP contribution in [0.3, 0.4) is 0 Å². The van der Waals surface area contributed by atoms with Crippen LogP contribution >= 0.6 is 23.2 Å². The number of carbonyl (C=O) groups is 3. The number of nitrogens with zero attached hydrogens (tertiary/aromatic N) is 1. The molecule has 4 aromatic carbocycles. The molecule has 7 rings (SSSR count). The van der Waals surface area contributed by atoms with Crippen LogP contribution in [0.15, 0.2) is 97.1 Å². The lowest BCUT2D eigenvalue weighted by Gasteiger charge is -2.37. The molecule has 6 heteroatoms. The second kappa shape index (κ2) is 9.02. The largest absolute Gasteiger partial charge is 0.352 e. The van der Waals surface area contributed by atoms with Gasteiger partial charge in [0.1, 0.15) is 11.5 Å². The van der Waals surface area contributed by atoms with Crippen LogP contribution in [0.25, 0.3) is 6.08 Å². The molecule has 4 nitrogen and oxygen atoms in total. The number of hydrogen-bond donors (Lipinski definition) is 0. The van der Waals surface area contributed by atoms with Crippen molar-refractivity contribution < 1.29 is 14.4 Å². The average Bonchev–Trinajstić information content (AvgIpc) is 3.39. The van der Waals surface area contributed by atoms with E-state index in [1.807, 2.05) is 60.4 Å². The van der Waals surface area contributed by atoms with Gasteiger partial charge in [-0.05, 0) is 41.8 Å². The molecule has 0 N–H and O–H groups in total. The number of fused-ring (bicyclic) bond motifs is 5. The molecule has 0 bridgehead atoms. The van der Waals surface area contributed by atoms with Crippen LogP contribution in [0.1, 0.15) is 53.7 Å². The average molecular weight is 564 g/mol. The first-order chi connectivity index (χ1) is 19.3. The molecule has 1 aliphatic carbocycles. The number of rotatable bonds is 3. The maximum atomic E-state index is 14.7. The van der Waals surface area contributed by atoms with E-state index >= 15 is 0 Å². The highest BCUT2D eigenvalue weighted by Crippen LogP contribution is 2.61. The fraction of sp³-hybridized carbons (Fsp3) is 0.147. The summed E-state index contributed by atoms with van der Waals surface area (Å²) in [5, 5.41) is 0.741. The second-order valence-corrected chi connectivity index (χ2v) is 11.5. The molecule has 40 heavy (non-hydrogen) atoms. The Hall–Kier alpha value is -3.99. The lowest BCUT2D eigenvalue weighted by molar-refractivity contribution is 0.0666. The van der Waals surface area contributed by atoms with Crippen LogP contribution in [0.2, 0.25) is 10.0 Å². The van der Waals surface area contributed by atoms with Crippen molar-refractivity contribution >= 4 is 52.3 Å². The summed E-state index contributed by atoms with van der Waals surface area (Å²) in [6.45, 7) is 1.99. The van der Waals surface area contributed by atoms with Crippen LogP contribution in [-0.2, 0) is 0 Å². The Bertz CT molecular complexity index is 1740. The third-order valence-electron chi connectivity index (χ3n) is 8.59. The van der Waals surface area contributed by atoms with Gasteiger partial charge in [-0.3, -0.25) is 14.4 Å². The van der Waals surface area contributed by atoms with Crippen molar-refractivity contribution in [2.24, 2.45) is 5.41 Å². The van der Waals surface area contributed by atoms with E-state index in [9.17, 15) is 14.4 Å². The van der Waals surface area contributed by atoms with E-state index < -0.39 is 23.4 Å². The predicted octanol–water partition coefficient (Wildman–Crippen LogP) is 7.62. The lowest BCUT2D eigenvalue weighted by atomic mass is 9.64. The summed E-state index contributed by atoms with van der Waals surface area (Å²) in [6.07, 6.45) is 3.87. The molecule has 1 spiro atoms. The minimum atomic E-state index is -1.60. The molecule has 0 radical (unpaired) electrons. The van der Waals surface area contributed by atoms with Gasteiger partial charge in [-0.1, -0.05) is 108 Å². The molecule has 3 atom stereocenters. The van der Waals surface area contributed by atoms with Crippen LogP contribution in [0, 0.1) is 12.3 Å². The molecule has 4 aromatic rings. The van der Waals surface area contributed by atoms with Crippen molar-refractivity contribution in [3.63, 3.8) is 0 Å². The van der Waals surface area contributed by atoms with Gasteiger partial charge in [0.15, 0.2) is 17.3 Å². The Kier molecular flexibility index (Phi) is 5.64. The number of carbonyl (C=O) groups excluding carboxylic acids is 3. The zero-order valence-corrected chi connectivity index (χ0v) is 23.0. The SMILES string of the molecule is Cc1ccc2c(c1)N1[C@H](C(=O)c3ccccc3)[C@H](c3ccc(Cl)cc3Cl)C3(C(=O)c4ccccc4C3=O)[C@H]1C=C2. The highest BCUT2D eigenvalue weighted by Gasteiger charge is 2.71. The van der Waals surface area contributed by atoms with Gasteiger partial charge in [0.25, 0.3) is 0 Å². The fourth-order valence-corrected chi connectivity index (χ4v) is 7.47. The Morgan fingerprint density at radius 2 is 1.50 bits per heavy atom. The van der Waals surface area contributed by atoms with E-state index in [1.165, 1.54) is 0 Å². The molecular formula is C34H23Cl2NO3. The van der Waals surface area contributed by atoms with Crippen molar-refractivity contribution in [3.8, 4) is 0 Å². The van der Waals surface area contributed by atoms with Crippen molar-refractivity contribution in [2.45, 2.75) is 24.9 Å². The maximum absolute atomic E-state index is 14.7. The number of Topliss-reactive ketones (excluding diaryl/α,β-unsaturated/α-hetero) is 3. The first kappa shape index (κ1) is 25.0. The highest BCUT2D eigenvalue weighted by molar-refractivity contribution is 6.36. The van der Waals surface area contributed by atoms with Crippen molar-refractivity contribution in [3.05, 3.63) is 140 Å². The van der Waals surface area contributed by atoms with E-state index in [1.54, 1.807) is 54.6 Å². The number of aryl methyl sites for hydroxylation is 1. The Morgan fingerprint density at radius 3 is 2.17 bits per heavy atom. The number of hydrogen-bond acceptors (Lipinski definition) is 4. The number of benzene rings is 4. The van der Waals surface area contributed by atoms with Crippen molar-refractivity contribution in [2.75, 3.05) is 4.90 Å². The maximum Gasteiger partial charge on any atom is 0.185 e. The molecular weight excluding hydrogens is 541 g/mol. The summed E-state index contributed by atoms with van der Waals surface area (Å²) >= 11 is 13.2. The second-order valence-electron chi connectivity index (χ2n) is 10.7. The number of halogens is 2. The number of ketones is 3. The summed E-state index contributed by atoms with van der Waals surface area (Å²) in [5.41, 5.74) is 2.93. The van der Waals surface area contributed by atoms with E-state index in [0.717, 1.165) is 16.8 Å². The number of anilines is 1. The topological polar surface area (TPSA) is 54.5 Å². The van der Waals surface area contributed by atoms with E-state index in [2.05, 4.69) is 0 Å². The molecule has 0 aromatic heterocycles. The predicted molar refractivity (Wildman–Crippen MR) is 158 cm³/mol. The highest BCUT2D eigenvalue weighted by atomic mass is 35.5. The van der Waals surface area contributed by atoms with Crippen LogP contribution < -0.4 is 4.90 Å². The summed E-state index contributed by atoms with van der Waals surface area (Å²) in [5.74, 6) is -1.64. The molecule has 0 unspecified atom stereocenters. The minimum Gasteiger partial charge on any atom is -0.352 e. The third kappa shape index (κ3) is 3.30. The van der Waals surface area contributed by atoms with Crippen LogP contribution in [0.4, 0.5) is 5.69 Å². The molecule has 2 aliphatic heterocycles. The van der Waals surface area contributed by atoms with Gasteiger partial charge < -0.3 is 4.90 Å². The Labute approximate surface area is 241 Å². The smallest absolute Gasteiger partial charge is 0.185 e. The molecule has 0 amide bonds. The lowest BCUT2D eigenvalue weighted by Crippen LogP contribution is -2.48. The van der Waals surface area contributed by atoms with Gasteiger partial charge in [-0.15, -0.1) is 0 Å². The quantitative estimate of drug-likeness (QED) is 0.190. The monoisotopic (exact) mass is 563 g/mol.